The average Bonchev–Trinajstić information content (AvgIpc) is 2.82. The lowest BCUT2D eigenvalue weighted by atomic mass is 9.97. The van der Waals surface area contributed by atoms with Gasteiger partial charge in [0.05, 0.1) is 10.6 Å². The number of carbonyl (C=O) groups is 1. The molecule has 1 saturated heterocycles. The SMILES string of the molecule is CCCc1nc(N2CCC(CN(C)C)CC2)sc1C=O. The Morgan fingerprint density at radius 3 is 2.65 bits per heavy atom. The summed E-state index contributed by atoms with van der Waals surface area (Å²) in [6.45, 7) is 5.43. The van der Waals surface area contributed by atoms with Gasteiger partial charge in [0, 0.05) is 19.6 Å². The highest BCUT2D eigenvalue weighted by Crippen LogP contribution is 2.29. The molecule has 4 nitrogen and oxygen atoms in total. The van der Waals surface area contributed by atoms with Crippen LogP contribution in [0.2, 0.25) is 0 Å². The Morgan fingerprint density at radius 1 is 1.40 bits per heavy atom. The lowest BCUT2D eigenvalue weighted by Crippen LogP contribution is -2.37. The van der Waals surface area contributed by atoms with Crippen LogP contribution in [0.3, 0.4) is 0 Å². The third-order valence-corrected chi connectivity index (χ3v) is 4.90. The van der Waals surface area contributed by atoms with Gasteiger partial charge in [-0.05, 0) is 39.3 Å². The van der Waals surface area contributed by atoms with Gasteiger partial charge in [0.15, 0.2) is 11.4 Å². The molecule has 0 spiro atoms. The predicted molar refractivity (Wildman–Crippen MR) is 85.0 cm³/mol. The van der Waals surface area contributed by atoms with Crippen LogP contribution in [0, 0.1) is 5.92 Å². The van der Waals surface area contributed by atoms with Gasteiger partial charge in [0.2, 0.25) is 0 Å². The maximum Gasteiger partial charge on any atom is 0.186 e. The van der Waals surface area contributed by atoms with Crippen molar-refractivity contribution < 1.29 is 4.79 Å². The van der Waals surface area contributed by atoms with Crippen LogP contribution in [0.15, 0.2) is 0 Å². The van der Waals surface area contributed by atoms with E-state index in [0.29, 0.717) is 0 Å². The molecule has 1 aromatic rings. The topological polar surface area (TPSA) is 36.4 Å². The summed E-state index contributed by atoms with van der Waals surface area (Å²) in [4.78, 5) is 21.2. The molecular formula is C15H25N3OS. The number of nitrogens with zero attached hydrogens (tertiary/aromatic N) is 3. The van der Waals surface area contributed by atoms with Gasteiger partial charge in [0.1, 0.15) is 0 Å². The molecule has 0 aliphatic carbocycles. The normalized spacial score (nSPS) is 16.9. The number of aromatic nitrogens is 1. The Kier molecular flexibility index (Phi) is 5.54. The minimum absolute atomic E-state index is 0.793. The van der Waals surface area contributed by atoms with E-state index < -0.39 is 0 Å². The van der Waals surface area contributed by atoms with E-state index in [1.54, 1.807) is 11.3 Å². The fourth-order valence-corrected chi connectivity index (χ4v) is 3.79. The molecule has 0 unspecified atom stereocenters. The van der Waals surface area contributed by atoms with Gasteiger partial charge in [-0.1, -0.05) is 24.7 Å². The molecule has 1 fully saturated rings. The van der Waals surface area contributed by atoms with Crippen LogP contribution in [0.4, 0.5) is 5.13 Å². The lowest BCUT2D eigenvalue weighted by molar-refractivity contribution is 0.112. The molecule has 0 aromatic carbocycles. The minimum atomic E-state index is 0.793. The number of carbonyl (C=O) groups excluding carboxylic acids is 1. The first kappa shape index (κ1) is 15.4. The number of hydrogen-bond donors (Lipinski definition) is 0. The third kappa shape index (κ3) is 3.79. The summed E-state index contributed by atoms with van der Waals surface area (Å²) in [6, 6.07) is 0. The van der Waals surface area contributed by atoms with Crippen molar-refractivity contribution in [1.29, 1.82) is 0 Å². The molecule has 2 heterocycles. The van der Waals surface area contributed by atoms with Gasteiger partial charge >= 0.3 is 0 Å². The molecule has 0 atom stereocenters. The zero-order valence-corrected chi connectivity index (χ0v) is 13.6. The van der Waals surface area contributed by atoms with Crippen molar-refractivity contribution in [3.63, 3.8) is 0 Å². The van der Waals surface area contributed by atoms with Gasteiger partial charge in [0.25, 0.3) is 0 Å². The number of rotatable bonds is 6. The minimum Gasteiger partial charge on any atom is -0.348 e. The molecule has 112 valence electrons. The molecule has 0 amide bonds. The second-order valence-corrected chi connectivity index (χ2v) is 6.88. The molecule has 1 aromatic heterocycles. The van der Waals surface area contributed by atoms with Crippen molar-refractivity contribution in [1.82, 2.24) is 9.88 Å². The van der Waals surface area contributed by atoms with E-state index >= 15 is 0 Å². The van der Waals surface area contributed by atoms with E-state index in [4.69, 9.17) is 0 Å². The van der Waals surface area contributed by atoms with E-state index in [-0.39, 0.29) is 0 Å². The zero-order chi connectivity index (χ0) is 14.5. The molecular weight excluding hydrogens is 270 g/mol. The largest absolute Gasteiger partial charge is 0.348 e. The average molecular weight is 295 g/mol. The van der Waals surface area contributed by atoms with Gasteiger partial charge in [-0.15, -0.1) is 0 Å². The molecule has 1 aliphatic rings. The van der Waals surface area contributed by atoms with E-state index in [2.05, 4.69) is 35.8 Å². The first-order chi connectivity index (χ1) is 9.63. The molecule has 20 heavy (non-hydrogen) atoms. The van der Waals surface area contributed by atoms with Crippen molar-refractivity contribution in [2.24, 2.45) is 5.92 Å². The van der Waals surface area contributed by atoms with Crippen LogP contribution in [0.1, 0.15) is 41.6 Å². The van der Waals surface area contributed by atoms with Crippen LogP contribution < -0.4 is 4.90 Å². The Hall–Kier alpha value is -0.940. The van der Waals surface area contributed by atoms with Crippen LogP contribution in [-0.2, 0) is 6.42 Å². The molecule has 2 rings (SSSR count). The Balaban J connectivity index is 1.98. The molecule has 5 heteroatoms. The second-order valence-electron chi connectivity index (χ2n) is 5.87. The summed E-state index contributed by atoms with van der Waals surface area (Å²) >= 11 is 1.56. The van der Waals surface area contributed by atoms with Gasteiger partial charge < -0.3 is 9.80 Å². The number of anilines is 1. The van der Waals surface area contributed by atoms with Crippen LogP contribution in [0.5, 0.6) is 0 Å². The number of piperidine rings is 1. The summed E-state index contributed by atoms with van der Waals surface area (Å²) in [5.41, 5.74) is 0.984. The molecule has 1 aliphatic heterocycles. The first-order valence-electron chi connectivity index (χ1n) is 7.48. The first-order valence-corrected chi connectivity index (χ1v) is 8.30. The van der Waals surface area contributed by atoms with Crippen LogP contribution in [-0.4, -0.2) is 49.9 Å². The van der Waals surface area contributed by atoms with E-state index in [9.17, 15) is 4.79 Å². The van der Waals surface area contributed by atoms with Crippen molar-refractivity contribution in [2.75, 3.05) is 38.6 Å². The van der Waals surface area contributed by atoms with Crippen molar-refractivity contribution >= 4 is 22.8 Å². The third-order valence-electron chi connectivity index (χ3n) is 3.82. The van der Waals surface area contributed by atoms with Crippen molar-refractivity contribution in [3.8, 4) is 0 Å². The standard InChI is InChI=1S/C15H25N3OS/c1-4-5-13-14(11-19)20-15(16-13)18-8-6-12(7-9-18)10-17(2)3/h11-12H,4-10H2,1-3H3. The summed E-state index contributed by atoms with van der Waals surface area (Å²) in [5.74, 6) is 0.793. The van der Waals surface area contributed by atoms with E-state index in [0.717, 1.165) is 53.8 Å². The van der Waals surface area contributed by atoms with Crippen molar-refractivity contribution in [2.45, 2.75) is 32.6 Å². The van der Waals surface area contributed by atoms with E-state index in [1.165, 1.54) is 19.4 Å². The predicted octanol–water partition coefficient (Wildman–Crippen LogP) is 2.69. The fraction of sp³-hybridized carbons (Fsp3) is 0.733. The Bertz CT molecular complexity index is 436. The molecule has 0 bridgehead atoms. The highest BCUT2D eigenvalue weighted by molar-refractivity contribution is 7.17. The van der Waals surface area contributed by atoms with Gasteiger partial charge in [-0.25, -0.2) is 4.98 Å². The van der Waals surface area contributed by atoms with Crippen molar-refractivity contribution in [3.05, 3.63) is 10.6 Å². The molecule has 0 saturated carbocycles. The van der Waals surface area contributed by atoms with Gasteiger partial charge in [-0.2, -0.15) is 0 Å². The maximum atomic E-state index is 11.1. The molecule has 0 N–H and O–H groups in total. The van der Waals surface area contributed by atoms with Gasteiger partial charge in [-0.3, -0.25) is 4.79 Å². The van der Waals surface area contributed by atoms with E-state index in [1.807, 2.05) is 0 Å². The summed E-state index contributed by atoms with van der Waals surface area (Å²) < 4.78 is 0. The Labute approximate surface area is 125 Å². The Morgan fingerprint density at radius 2 is 2.10 bits per heavy atom. The fourth-order valence-electron chi connectivity index (χ4n) is 2.82. The highest BCUT2D eigenvalue weighted by atomic mass is 32.1. The highest BCUT2D eigenvalue weighted by Gasteiger charge is 2.22. The summed E-state index contributed by atoms with van der Waals surface area (Å²) in [7, 11) is 4.28. The second kappa shape index (κ2) is 7.18. The zero-order valence-electron chi connectivity index (χ0n) is 12.8. The molecule has 0 radical (unpaired) electrons. The number of aryl methyl sites for hydroxylation is 1. The lowest BCUT2D eigenvalue weighted by Gasteiger charge is -2.33. The monoisotopic (exact) mass is 295 g/mol. The maximum absolute atomic E-state index is 11.1. The quantitative estimate of drug-likeness (QED) is 0.756. The van der Waals surface area contributed by atoms with Crippen LogP contribution in [0.25, 0.3) is 0 Å². The smallest absolute Gasteiger partial charge is 0.186 e. The summed E-state index contributed by atoms with van der Waals surface area (Å²) in [5, 5.41) is 1.04. The van der Waals surface area contributed by atoms with Crippen LogP contribution >= 0.6 is 11.3 Å². The number of thiazole rings is 1. The number of hydrogen-bond acceptors (Lipinski definition) is 5. The number of aldehydes is 1. The summed E-state index contributed by atoms with van der Waals surface area (Å²) in [6.07, 6.45) is 5.34.